The number of nitrogens with one attached hydrogen (secondary N) is 1. The van der Waals surface area contributed by atoms with Crippen molar-refractivity contribution in [3.63, 3.8) is 0 Å². The van der Waals surface area contributed by atoms with Crippen molar-refractivity contribution in [3.05, 3.63) is 58.1 Å². The molecule has 0 saturated heterocycles. The summed E-state index contributed by atoms with van der Waals surface area (Å²) in [6.07, 6.45) is 0. The Balaban J connectivity index is 2.09. The Morgan fingerprint density at radius 3 is 2.76 bits per heavy atom. The Morgan fingerprint density at radius 2 is 2.00 bits per heavy atom. The Kier molecular flexibility index (Phi) is 3.69. The van der Waals surface area contributed by atoms with Gasteiger partial charge in [-0.3, -0.25) is 0 Å². The van der Waals surface area contributed by atoms with Crippen LogP contribution in [0.1, 0.15) is 11.1 Å². The predicted molar refractivity (Wildman–Crippen MR) is 74.3 cm³/mol. The van der Waals surface area contributed by atoms with E-state index in [1.54, 1.807) is 12.1 Å². The van der Waals surface area contributed by atoms with Gasteiger partial charge in [-0.1, -0.05) is 34.1 Å². The molecule has 0 fully saturated rings. The van der Waals surface area contributed by atoms with Crippen molar-refractivity contribution in [2.45, 2.75) is 13.5 Å². The number of aryl methyl sites for hydroxylation is 1. The third kappa shape index (κ3) is 3.24. The molecular formula is C14H14BrNO. The van der Waals surface area contributed by atoms with Gasteiger partial charge in [0.2, 0.25) is 0 Å². The maximum Gasteiger partial charge on any atom is 0.115 e. The second-order valence-corrected chi connectivity index (χ2v) is 4.90. The molecule has 0 radical (unpaired) electrons. The van der Waals surface area contributed by atoms with Crippen molar-refractivity contribution in [1.29, 1.82) is 0 Å². The van der Waals surface area contributed by atoms with Gasteiger partial charge in [0.05, 0.1) is 0 Å². The van der Waals surface area contributed by atoms with Gasteiger partial charge >= 0.3 is 0 Å². The topological polar surface area (TPSA) is 32.3 Å². The number of phenols is 1. The van der Waals surface area contributed by atoms with Crippen molar-refractivity contribution in [2.24, 2.45) is 0 Å². The highest BCUT2D eigenvalue weighted by atomic mass is 79.9. The Morgan fingerprint density at radius 1 is 1.18 bits per heavy atom. The smallest absolute Gasteiger partial charge is 0.115 e. The minimum absolute atomic E-state index is 0.301. The first kappa shape index (κ1) is 12.0. The molecule has 0 spiro atoms. The van der Waals surface area contributed by atoms with E-state index in [1.165, 1.54) is 5.56 Å². The van der Waals surface area contributed by atoms with Gasteiger partial charge in [-0.25, -0.2) is 0 Å². The van der Waals surface area contributed by atoms with Crippen LogP contribution in [0.25, 0.3) is 0 Å². The minimum atomic E-state index is 0.301. The van der Waals surface area contributed by atoms with Gasteiger partial charge in [0.25, 0.3) is 0 Å². The Bertz CT molecular complexity index is 525. The van der Waals surface area contributed by atoms with Crippen molar-refractivity contribution >= 4 is 21.6 Å². The summed E-state index contributed by atoms with van der Waals surface area (Å²) in [6, 6.07) is 13.4. The number of hydrogen-bond acceptors (Lipinski definition) is 2. The van der Waals surface area contributed by atoms with Crippen molar-refractivity contribution in [2.75, 3.05) is 5.32 Å². The summed E-state index contributed by atoms with van der Waals surface area (Å²) in [6.45, 7) is 2.77. The maximum absolute atomic E-state index is 9.37. The summed E-state index contributed by atoms with van der Waals surface area (Å²) in [7, 11) is 0. The molecule has 0 unspecified atom stereocenters. The second-order valence-electron chi connectivity index (χ2n) is 3.98. The van der Waals surface area contributed by atoms with E-state index in [4.69, 9.17) is 0 Å². The number of hydrogen-bond donors (Lipinski definition) is 2. The highest BCUT2D eigenvalue weighted by Gasteiger charge is 1.99. The molecule has 0 aliphatic rings. The van der Waals surface area contributed by atoms with Crippen LogP contribution in [0.4, 0.5) is 5.69 Å². The van der Waals surface area contributed by atoms with E-state index in [0.717, 1.165) is 15.7 Å². The van der Waals surface area contributed by atoms with E-state index in [1.807, 2.05) is 18.2 Å². The number of benzene rings is 2. The molecule has 0 aromatic heterocycles. The maximum atomic E-state index is 9.37. The number of aromatic hydroxyl groups is 1. The van der Waals surface area contributed by atoms with Crippen LogP contribution in [0.3, 0.4) is 0 Å². The molecule has 2 N–H and O–H groups in total. The molecule has 3 heteroatoms. The summed E-state index contributed by atoms with van der Waals surface area (Å²) in [5.41, 5.74) is 3.36. The lowest BCUT2D eigenvalue weighted by Crippen LogP contribution is -2.00. The van der Waals surface area contributed by atoms with Crippen LogP contribution in [-0.4, -0.2) is 5.11 Å². The molecule has 0 atom stereocenters. The normalized spacial score (nSPS) is 10.2. The van der Waals surface area contributed by atoms with E-state index >= 15 is 0 Å². The first-order valence-electron chi connectivity index (χ1n) is 5.43. The molecule has 88 valence electrons. The Labute approximate surface area is 109 Å². The summed E-state index contributed by atoms with van der Waals surface area (Å²) < 4.78 is 1.06. The van der Waals surface area contributed by atoms with Crippen LogP contribution in [0, 0.1) is 6.92 Å². The molecule has 2 aromatic rings. The standard InChI is InChI=1S/C14H14BrNO/c1-10-5-6-12(15)8-14(10)16-9-11-3-2-4-13(17)7-11/h2-8,16-17H,9H2,1H3. The van der Waals surface area contributed by atoms with E-state index in [2.05, 4.69) is 40.3 Å². The Hall–Kier alpha value is -1.48. The van der Waals surface area contributed by atoms with Gasteiger partial charge in [-0.2, -0.15) is 0 Å². The first-order valence-corrected chi connectivity index (χ1v) is 6.22. The van der Waals surface area contributed by atoms with Gasteiger partial charge in [-0.15, -0.1) is 0 Å². The number of halogens is 1. The first-order chi connectivity index (χ1) is 8.15. The van der Waals surface area contributed by atoms with Crippen LogP contribution in [0.15, 0.2) is 46.9 Å². The second kappa shape index (κ2) is 5.23. The van der Waals surface area contributed by atoms with Gasteiger partial charge in [0.15, 0.2) is 0 Å². The summed E-state index contributed by atoms with van der Waals surface area (Å²) in [4.78, 5) is 0. The lowest BCUT2D eigenvalue weighted by molar-refractivity contribution is 0.474. The molecule has 0 aliphatic heterocycles. The van der Waals surface area contributed by atoms with E-state index in [9.17, 15) is 5.11 Å². The lowest BCUT2D eigenvalue weighted by Gasteiger charge is -2.10. The summed E-state index contributed by atoms with van der Waals surface area (Å²) >= 11 is 3.45. The highest BCUT2D eigenvalue weighted by Crippen LogP contribution is 2.21. The van der Waals surface area contributed by atoms with Gasteiger partial charge in [0.1, 0.15) is 5.75 Å². The molecule has 17 heavy (non-hydrogen) atoms. The zero-order chi connectivity index (χ0) is 12.3. The molecule has 0 saturated carbocycles. The molecule has 0 bridgehead atoms. The zero-order valence-corrected chi connectivity index (χ0v) is 11.2. The predicted octanol–water partition coefficient (Wildman–Crippen LogP) is 4.08. The molecule has 0 heterocycles. The van der Waals surface area contributed by atoms with Crippen LogP contribution in [0.2, 0.25) is 0 Å². The number of rotatable bonds is 3. The monoisotopic (exact) mass is 291 g/mol. The van der Waals surface area contributed by atoms with Gasteiger partial charge in [0, 0.05) is 16.7 Å². The third-order valence-corrected chi connectivity index (χ3v) is 3.09. The average molecular weight is 292 g/mol. The van der Waals surface area contributed by atoms with E-state index in [0.29, 0.717) is 12.3 Å². The molecule has 2 rings (SSSR count). The molecule has 0 amide bonds. The van der Waals surface area contributed by atoms with Gasteiger partial charge < -0.3 is 10.4 Å². The van der Waals surface area contributed by atoms with E-state index < -0.39 is 0 Å². The van der Waals surface area contributed by atoms with Crippen LogP contribution < -0.4 is 5.32 Å². The van der Waals surface area contributed by atoms with Crippen LogP contribution >= 0.6 is 15.9 Å². The van der Waals surface area contributed by atoms with Crippen LogP contribution in [0.5, 0.6) is 5.75 Å². The SMILES string of the molecule is Cc1ccc(Br)cc1NCc1cccc(O)c1. The largest absolute Gasteiger partial charge is 0.508 e. The fraction of sp³-hybridized carbons (Fsp3) is 0.143. The minimum Gasteiger partial charge on any atom is -0.508 e. The zero-order valence-electron chi connectivity index (χ0n) is 9.57. The quantitative estimate of drug-likeness (QED) is 0.893. The van der Waals surface area contributed by atoms with Crippen molar-refractivity contribution in [1.82, 2.24) is 0 Å². The summed E-state index contributed by atoms with van der Waals surface area (Å²) in [5.74, 6) is 0.301. The van der Waals surface area contributed by atoms with Crippen molar-refractivity contribution in [3.8, 4) is 5.75 Å². The molecule has 0 aliphatic carbocycles. The summed E-state index contributed by atoms with van der Waals surface area (Å²) in [5, 5.41) is 12.7. The van der Waals surface area contributed by atoms with Crippen LogP contribution in [-0.2, 0) is 6.54 Å². The van der Waals surface area contributed by atoms with E-state index in [-0.39, 0.29) is 0 Å². The lowest BCUT2D eigenvalue weighted by atomic mass is 10.1. The highest BCUT2D eigenvalue weighted by molar-refractivity contribution is 9.10. The molecule has 2 nitrogen and oxygen atoms in total. The van der Waals surface area contributed by atoms with Gasteiger partial charge in [-0.05, 0) is 42.3 Å². The molecular weight excluding hydrogens is 278 g/mol. The fourth-order valence-corrected chi connectivity index (χ4v) is 2.01. The third-order valence-electron chi connectivity index (χ3n) is 2.59. The number of anilines is 1. The number of phenolic OH excluding ortho intramolecular Hbond substituents is 1. The van der Waals surface area contributed by atoms with Crippen molar-refractivity contribution < 1.29 is 5.11 Å². The average Bonchev–Trinajstić information content (AvgIpc) is 2.30. The fourth-order valence-electron chi connectivity index (χ4n) is 1.65. The molecule has 2 aromatic carbocycles.